The van der Waals surface area contributed by atoms with Gasteiger partial charge in [0.2, 0.25) is 10.0 Å². The summed E-state index contributed by atoms with van der Waals surface area (Å²) in [6.07, 6.45) is 0. The predicted octanol–water partition coefficient (Wildman–Crippen LogP) is 3.37. The van der Waals surface area contributed by atoms with Crippen molar-refractivity contribution in [1.29, 1.82) is 0 Å². The second-order valence-corrected chi connectivity index (χ2v) is 7.69. The van der Waals surface area contributed by atoms with Crippen LogP contribution in [0.15, 0.2) is 35.2 Å². The van der Waals surface area contributed by atoms with Crippen LogP contribution >= 0.6 is 0 Å². The molecule has 0 bridgehead atoms. The van der Waals surface area contributed by atoms with E-state index < -0.39 is 16.1 Å². The third kappa shape index (κ3) is 4.11. The number of benzene rings is 2. The van der Waals surface area contributed by atoms with Crippen LogP contribution in [0.5, 0.6) is 17.2 Å². The van der Waals surface area contributed by atoms with Gasteiger partial charge in [0.1, 0.15) is 17.2 Å². The SMILES string of the molecule is COc1cc(C)c(S(=O)(=O)N[C@H](C)c2cc(OC)ccc2OC)c(C)c1. The molecule has 1 atom stereocenters. The van der Waals surface area contributed by atoms with Crippen molar-refractivity contribution in [3.63, 3.8) is 0 Å². The Bertz CT molecular complexity index is 870. The lowest BCUT2D eigenvalue weighted by Gasteiger charge is -2.20. The molecule has 0 fully saturated rings. The Hall–Kier alpha value is -2.25. The van der Waals surface area contributed by atoms with Crippen molar-refractivity contribution in [1.82, 2.24) is 4.72 Å². The van der Waals surface area contributed by atoms with Crippen LogP contribution in [0.4, 0.5) is 0 Å². The number of methoxy groups -OCH3 is 3. The van der Waals surface area contributed by atoms with E-state index in [-0.39, 0.29) is 4.90 Å². The molecule has 0 aliphatic rings. The first-order valence-corrected chi connectivity index (χ1v) is 9.61. The van der Waals surface area contributed by atoms with Crippen LogP contribution in [0, 0.1) is 13.8 Å². The molecule has 0 spiro atoms. The summed E-state index contributed by atoms with van der Waals surface area (Å²) < 4.78 is 44.5. The van der Waals surface area contributed by atoms with E-state index in [4.69, 9.17) is 14.2 Å². The second-order valence-electron chi connectivity index (χ2n) is 6.04. The van der Waals surface area contributed by atoms with Crippen LogP contribution in [0.2, 0.25) is 0 Å². The number of sulfonamides is 1. The van der Waals surface area contributed by atoms with Gasteiger partial charge in [-0.1, -0.05) is 0 Å². The van der Waals surface area contributed by atoms with E-state index in [2.05, 4.69) is 4.72 Å². The molecule has 0 unspecified atom stereocenters. The lowest BCUT2D eigenvalue weighted by molar-refractivity contribution is 0.395. The van der Waals surface area contributed by atoms with Crippen LogP contribution in [0.3, 0.4) is 0 Å². The van der Waals surface area contributed by atoms with Gasteiger partial charge in [0.05, 0.1) is 26.2 Å². The Labute approximate surface area is 155 Å². The summed E-state index contributed by atoms with van der Waals surface area (Å²) in [5.41, 5.74) is 1.94. The number of nitrogens with one attached hydrogen (secondary N) is 1. The van der Waals surface area contributed by atoms with E-state index in [0.29, 0.717) is 33.9 Å². The number of hydrogen-bond donors (Lipinski definition) is 1. The highest BCUT2D eigenvalue weighted by Crippen LogP contribution is 2.31. The fraction of sp³-hybridized carbons (Fsp3) is 0.368. The zero-order valence-electron chi connectivity index (χ0n) is 15.9. The van der Waals surface area contributed by atoms with E-state index in [1.54, 1.807) is 72.4 Å². The average Bonchev–Trinajstić information content (AvgIpc) is 2.59. The van der Waals surface area contributed by atoms with E-state index in [0.717, 1.165) is 0 Å². The van der Waals surface area contributed by atoms with E-state index in [1.165, 1.54) is 0 Å². The fourth-order valence-electron chi connectivity index (χ4n) is 2.99. The topological polar surface area (TPSA) is 73.9 Å². The van der Waals surface area contributed by atoms with Gasteiger partial charge in [-0.2, -0.15) is 0 Å². The minimum atomic E-state index is -3.74. The van der Waals surface area contributed by atoms with Gasteiger partial charge in [-0.25, -0.2) is 13.1 Å². The first-order valence-electron chi connectivity index (χ1n) is 8.13. The highest BCUT2D eigenvalue weighted by atomic mass is 32.2. The summed E-state index contributed by atoms with van der Waals surface area (Å²) in [7, 11) is 0.919. The van der Waals surface area contributed by atoms with Gasteiger partial charge < -0.3 is 14.2 Å². The summed E-state index contributed by atoms with van der Waals surface area (Å²) in [5.74, 6) is 1.84. The van der Waals surface area contributed by atoms with Crippen LogP contribution in [0.25, 0.3) is 0 Å². The third-order valence-corrected chi connectivity index (χ3v) is 6.02. The van der Waals surface area contributed by atoms with Crippen LogP contribution < -0.4 is 18.9 Å². The molecule has 1 N–H and O–H groups in total. The minimum Gasteiger partial charge on any atom is -0.497 e. The van der Waals surface area contributed by atoms with Gasteiger partial charge in [0.15, 0.2) is 0 Å². The molecule has 0 aliphatic carbocycles. The van der Waals surface area contributed by atoms with Crippen LogP contribution in [-0.4, -0.2) is 29.7 Å². The summed E-state index contributed by atoms with van der Waals surface area (Å²) in [6.45, 7) is 5.27. The van der Waals surface area contributed by atoms with E-state index in [1.807, 2.05) is 0 Å². The zero-order valence-corrected chi connectivity index (χ0v) is 16.7. The summed E-state index contributed by atoms with van der Waals surface area (Å²) in [4.78, 5) is 0.256. The van der Waals surface area contributed by atoms with Crippen LogP contribution in [-0.2, 0) is 10.0 Å². The number of hydrogen-bond acceptors (Lipinski definition) is 5. The first kappa shape index (κ1) is 20.1. The molecule has 2 aromatic rings. The molecule has 2 aromatic carbocycles. The van der Waals surface area contributed by atoms with Crippen molar-refractivity contribution in [2.75, 3.05) is 21.3 Å². The first-order chi connectivity index (χ1) is 12.2. The number of aryl methyl sites for hydroxylation is 2. The van der Waals surface area contributed by atoms with Gasteiger partial charge >= 0.3 is 0 Å². The molecule has 0 saturated heterocycles. The molecule has 2 rings (SSSR count). The van der Waals surface area contributed by atoms with Crippen molar-refractivity contribution in [3.05, 3.63) is 47.0 Å². The maximum atomic E-state index is 13.0. The maximum Gasteiger partial charge on any atom is 0.241 e. The monoisotopic (exact) mass is 379 g/mol. The molecular weight excluding hydrogens is 354 g/mol. The Balaban J connectivity index is 2.41. The Morgan fingerprint density at radius 1 is 0.885 bits per heavy atom. The van der Waals surface area contributed by atoms with Crippen molar-refractivity contribution in [3.8, 4) is 17.2 Å². The average molecular weight is 379 g/mol. The summed E-state index contributed by atoms with van der Waals surface area (Å²) in [5, 5.41) is 0. The van der Waals surface area contributed by atoms with Crippen molar-refractivity contribution < 1.29 is 22.6 Å². The quantitative estimate of drug-likeness (QED) is 0.798. The Morgan fingerprint density at radius 3 is 1.96 bits per heavy atom. The smallest absolute Gasteiger partial charge is 0.241 e. The largest absolute Gasteiger partial charge is 0.497 e. The van der Waals surface area contributed by atoms with E-state index in [9.17, 15) is 8.42 Å². The minimum absolute atomic E-state index is 0.256. The summed E-state index contributed by atoms with van der Waals surface area (Å²) >= 11 is 0. The lowest BCUT2D eigenvalue weighted by atomic mass is 10.1. The molecule has 0 saturated carbocycles. The molecular formula is C19H25NO5S. The summed E-state index contributed by atoms with van der Waals surface area (Å²) in [6, 6.07) is 8.19. The molecule has 0 aromatic heterocycles. The lowest BCUT2D eigenvalue weighted by Crippen LogP contribution is -2.28. The standard InChI is InChI=1S/C19H25NO5S/c1-12-9-16(24-5)10-13(2)19(12)26(21,22)20-14(3)17-11-15(23-4)7-8-18(17)25-6/h7-11,14,20H,1-6H3/t14-/m1/s1. The highest BCUT2D eigenvalue weighted by molar-refractivity contribution is 7.89. The second kappa shape index (κ2) is 7.97. The molecule has 7 heteroatoms. The maximum absolute atomic E-state index is 13.0. The third-order valence-electron chi connectivity index (χ3n) is 4.17. The van der Waals surface area contributed by atoms with Crippen molar-refractivity contribution in [2.24, 2.45) is 0 Å². The normalized spacial score (nSPS) is 12.5. The van der Waals surface area contributed by atoms with Crippen LogP contribution in [0.1, 0.15) is 29.7 Å². The number of ether oxygens (including phenoxy) is 3. The fourth-order valence-corrected chi connectivity index (χ4v) is 4.66. The van der Waals surface area contributed by atoms with Gasteiger partial charge in [-0.15, -0.1) is 0 Å². The molecule has 0 radical (unpaired) electrons. The molecule has 6 nitrogen and oxygen atoms in total. The molecule has 26 heavy (non-hydrogen) atoms. The van der Waals surface area contributed by atoms with E-state index >= 15 is 0 Å². The highest BCUT2D eigenvalue weighted by Gasteiger charge is 2.24. The van der Waals surface area contributed by atoms with Gasteiger partial charge in [0, 0.05) is 11.6 Å². The molecule has 0 amide bonds. The molecule has 0 aliphatic heterocycles. The van der Waals surface area contributed by atoms with Crippen molar-refractivity contribution in [2.45, 2.75) is 31.7 Å². The molecule has 0 heterocycles. The molecule has 142 valence electrons. The van der Waals surface area contributed by atoms with Crippen molar-refractivity contribution >= 4 is 10.0 Å². The predicted molar refractivity (Wildman–Crippen MR) is 101 cm³/mol. The van der Waals surface area contributed by atoms with Gasteiger partial charge in [-0.05, 0) is 62.2 Å². The Morgan fingerprint density at radius 2 is 1.46 bits per heavy atom. The number of rotatable bonds is 7. The van der Waals surface area contributed by atoms with Gasteiger partial charge in [0.25, 0.3) is 0 Å². The Kier molecular flexibility index (Phi) is 6.15. The van der Waals surface area contributed by atoms with Gasteiger partial charge in [-0.3, -0.25) is 0 Å². The zero-order chi connectivity index (χ0) is 19.5.